The van der Waals surface area contributed by atoms with Crippen LogP contribution in [0.15, 0.2) is 18.2 Å². The molecule has 0 heterocycles. The number of anilines is 1. The van der Waals surface area contributed by atoms with Crippen LogP contribution in [0.5, 0.6) is 11.5 Å². The second-order valence-corrected chi connectivity index (χ2v) is 4.42. The molecule has 0 atom stereocenters. The van der Waals surface area contributed by atoms with Crippen molar-refractivity contribution in [3.63, 3.8) is 0 Å². The van der Waals surface area contributed by atoms with Crippen LogP contribution in [0.25, 0.3) is 0 Å². The van der Waals surface area contributed by atoms with Gasteiger partial charge in [-0.15, -0.1) is 0 Å². The molecule has 0 fully saturated rings. The SMILES string of the molecule is CCN(CCN(C)C)c1cc(OC)ccc1OC. The van der Waals surface area contributed by atoms with E-state index in [4.69, 9.17) is 9.47 Å². The van der Waals surface area contributed by atoms with Crippen molar-refractivity contribution in [3.05, 3.63) is 18.2 Å². The molecule has 4 nitrogen and oxygen atoms in total. The minimum Gasteiger partial charge on any atom is -0.497 e. The van der Waals surface area contributed by atoms with E-state index in [-0.39, 0.29) is 0 Å². The van der Waals surface area contributed by atoms with Crippen molar-refractivity contribution in [2.75, 3.05) is 52.8 Å². The molecule has 0 aliphatic carbocycles. The molecule has 0 bridgehead atoms. The van der Waals surface area contributed by atoms with E-state index in [0.717, 1.165) is 36.8 Å². The normalized spacial score (nSPS) is 10.6. The summed E-state index contributed by atoms with van der Waals surface area (Å²) in [6.45, 7) is 5.06. The molecule has 0 aliphatic heterocycles. The van der Waals surface area contributed by atoms with Gasteiger partial charge in [-0.05, 0) is 33.2 Å². The summed E-state index contributed by atoms with van der Waals surface area (Å²) in [5, 5.41) is 0. The predicted octanol–water partition coefficient (Wildman–Crippen LogP) is 2.09. The van der Waals surface area contributed by atoms with Gasteiger partial charge in [-0.2, -0.15) is 0 Å². The Labute approximate surface area is 110 Å². The van der Waals surface area contributed by atoms with E-state index in [1.807, 2.05) is 18.2 Å². The summed E-state index contributed by atoms with van der Waals surface area (Å²) in [7, 11) is 7.54. The Balaban J connectivity index is 2.94. The van der Waals surface area contributed by atoms with Gasteiger partial charge >= 0.3 is 0 Å². The highest BCUT2D eigenvalue weighted by atomic mass is 16.5. The summed E-state index contributed by atoms with van der Waals surface area (Å²) in [6, 6.07) is 5.90. The molecule has 102 valence electrons. The fraction of sp³-hybridized carbons (Fsp3) is 0.571. The molecule has 0 saturated heterocycles. The average molecular weight is 252 g/mol. The van der Waals surface area contributed by atoms with Crippen molar-refractivity contribution < 1.29 is 9.47 Å². The van der Waals surface area contributed by atoms with Crippen LogP contribution in [-0.4, -0.2) is 52.8 Å². The van der Waals surface area contributed by atoms with Gasteiger partial charge in [-0.1, -0.05) is 0 Å². The Morgan fingerprint density at radius 1 is 1.06 bits per heavy atom. The first-order valence-electron chi connectivity index (χ1n) is 6.24. The van der Waals surface area contributed by atoms with Crippen molar-refractivity contribution in [1.82, 2.24) is 4.90 Å². The molecule has 0 radical (unpaired) electrons. The lowest BCUT2D eigenvalue weighted by Gasteiger charge is -2.26. The lowest BCUT2D eigenvalue weighted by atomic mass is 10.2. The van der Waals surface area contributed by atoms with Gasteiger partial charge in [0.1, 0.15) is 11.5 Å². The van der Waals surface area contributed by atoms with Crippen LogP contribution in [-0.2, 0) is 0 Å². The molecule has 0 saturated carbocycles. The van der Waals surface area contributed by atoms with Crippen molar-refractivity contribution in [1.29, 1.82) is 0 Å². The molecule has 1 aromatic carbocycles. The van der Waals surface area contributed by atoms with Crippen LogP contribution >= 0.6 is 0 Å². The van der Waals surface area contributed by atoms with Gasteiger partial charge in [0.25, 0.3) is 0 Å². The van der Waals surface area contributed by atoms with Gasteiger partial charge in [-0.25, -0.2) is 0 Å². The first kappa shape index (κ1) is 14.6. The standard InChI is InChI=1S/C14H24N2O2/c1-6-16(10-9-15(2)3)13-11-12(17-4)7-8-14(13)18-5/h7-8,11H,6,9-10H2,1-5H3. The maximum atomic E-state index is 5.42. The van der Waals surface area contributed by atoms with Gasteiger partial charge in [0.15, 0.2) is 0 Å². The molecule has 0 amide bonds. The molecule has 0 aliphatic rings. The molecule has 18 heavy (non-hydrogen) atoms. The maximum Gasteiger partial charge on any atom is 0.142 e. The first-order valence-corrected chi connectivity index (χ1v) is 6.24. The number of benzene rings is 1. The predicted molar refractivity (Wildman–Crippen MR) is 76.0 cm³/mol. The second kappa shape index (κ2) is 7.11. The third-order valence-electron chi connectivity index (χ3n) is 2.93. The van der Waals surface area contributed by atoms with E-state index in [9.17, 15) is 0 Å². The fourth-order valence-electron chi connectivity index (χ4n) is 1.81. The van der Waals surface area contributed by atoms with E-state index in [2.05, 4.69) is 30.8 Å². The van der Waals surface area contributed by atoms with Gasteiger partial charge < -0.3 is 19.3 Å². The van der Waals surface area contributed by atoms with Gasteiger partial charge in [0.2, 0.25) is 0 Å². The van der Waals surface area contributed by atoms with Gasteiger partial charge in [0, 0.05) is 25.7 Å². The molecule has 1 aromatic rings. The monoisotopic (exact) mass is 252 g/mol. The number of likely N-dealkylation sites (N-methyl/N-ethyl adjacent to an activating group) is 2. The zero-order chi connectivity index (χ0) is 13.5. The lowest BCUT2D eigenvalue weighted by molar-refractivity contribution is 0.397. The van der Waals surface area contributed by atoms with E-state index < -0.39 is 0 Å². The highest BCUT2D eigenvalue weighted by Gasteiger charge is 2.12. The fourth-order valence-corrected chi connectivity index (χ4v) is 1.81. The van der Waals surface area contributed by atoms with Crippen LogP contribution in [0.1, 0.15) is 6.92 Å². The molecular weight excluding hydrogens is 228 g/mol. The minimum absolute atomic E-state index is 0.856. The number of nitrogens with zero attached hydrogens (tertiary/aromatic N) is 2. The number of hydrogen-bond donors (Lipinski definition) is 0. The molecule has 0 unspecified atom stereocenters. The summed E-state index contributed by atoms with van der Waals surface area (Å²) < 4.78 is 10.7. The first-order chi connectivity index (χ1) is 8.62. The Hall–Kier alpha value is -1.42. The maximum absolute atomic E-state index is 5.42. The van der Waals surface area contributed by atoms with Gasteiger partial charge in [-0.3, -0.25) is 0 Å². The van der Waals surface area contributed by atoms with E-state index in [1.54, 1.807) is 14.2 Å². The summed E-state index contributed by atoms with van der Waals surface area (Å²) in [5.41, 5.74) is 1.08. The quantitative estimate of drug-likeness (QED) is 0.742. The third-order valence-corrected chi connectivity index (χ3v) is 2.93. The second-order valence-electron chi connectivity index (χ2n) is 4.42. The van der Waals surface area contributed by atoms with E-state index in [0.29, 0.717) is 0 Å². The lowest BCUT2D eigenvalue weighted by Crippen LogP contribution is -2.31. The van der Waals surface area contributed by atoms with Crippen LogP contribution in [0.2, 0.25) is 0 Å². The van der Waals surface area contributed by atoms with Gasteiger partial charge in [0.05, 0.1) is 19.9 Å². The largest absolute Gasteiger partial charge is 0.497 e. The zero-order valence-corrected chi connectivity index (χ0v) is 12.1. The van der Waals surface area contributed by atoms with Crippen LogP contribution in [0, 0.1) is 0 Å². The summed E-state index contributed by atoms with van der Waals surface area (Å²) in [4.78, 5) is 4.47. The zero-order valence-electron chi connectivity index (χ0n) is 12.1. The van der Waals surface area contributed by atoms with Crippen molar-refractivity contribution in [3.8, 4) is 11.5 Å². The number of rotatable bonds is 7. The average Bonchev–Trinajstić information content (AvgIpc) is 2.38. The number of ether oxygens (including phenoxy) is 2. The Morgan fingerprint density at radius 3 is 2.28 bits per heavy atom. The Kier molecular flexibility index (Phi) is 5.78. The molecule has 0 N–H and O–H groups in total. The highest BCUT2D eigenvalue weighted by molar-refractivity contribution is 5.61. The summed E-state index contributed by atoms with van der Waals surface area (Å²) in [5.74, 6) is 1.74. The molecule has 0 spiro atoms. The van der Waals surface area contributed by atoms with Crippen LogP contribution < -0.4 is 14.4 Å². The Bertz CT molecular complexity index is 367. The molecular formula is C14H24N2O2. The van der Waals surface area contributed by atoms with E-state index >= 15 is 0 Å². The molecule has 4 heteroatoms. The minimum atomic E-state index is 0.856. The van der Waals surface area contributed by atoms with Crippen molar-refractivity contribution >= 4 is 5.69 Å². The highest BCUT2D eigenvalue weighted by Crippen LogP contribution is 2.32. The third kappa shape index (κ3) is 3.81. The topological polar surface area (TPSA) is 24.9 Å². The Morgan fingerprint density at radius 2 is 1.78 bits per heavy atom. The molecule has 1 rings (SSSR count). The van der Waals surface area contributed by atoms with Crippen molar-refractivity contribution in [2.45, 2.75) is 6.92 Å². The van der Waals surface area contributed by atoms with Crippen molar-refractivity contribution in [2.24, 2.45) is 0 Å². The van der Waals surface area contributed by atoms with Crippen LogP contribution in [0.3, 0.4) is 0 Å². The molecule has 0 aromatic heterocycles. The van der Waals surface area contributed by atoms with E-state index in [1.165, 1.54) is 0 Å². The van der Waals surface area contributed by atoms with Crippen LogP contribution in [0.4, 0.5) is 5.69 Å². The number of methoxy groups -OCH3 is 2. The summed E-state index contributed by atoms with van der Waals surface area (Å²) >= 11 is 0. The number of hydrogen-bond acceptors (Lipinski definition) is 4. The smallest absolute Gasteiger partial charge is 0.142 e. The summed E-state index contributed by atoms with van der Waals surface area (Å²) in [6.07, 6.45) is 0.